The average Bonchev–Trinajstić information content (AvgIpc) is 3.10. The number of amides is 1. The fourth-order valence-corrected chi connectivity index (χ4v) is 1.79. The largest absolute Gasteiger partial charge is 0.481 e. The van der Waals surface area contributed by atoms with Crippen LogP contribution in [0, 0.1) is 11.8 Å². The Morgan fingerprint density at radius 3 is 2.82 bits per heavy atom. The smallest absolute Gasteiger partial charge is 0.307 e. The first kappa shape index (κ1) is 11.6. The van der Waals surface area contributed by atoms with Gasteiger partial charge < -0.3 is 10.4 Å². The maximum atomic E-state index is 11.7. The third kappa shape index (κ3) is 2.61. The normalized spacial score (nSPS) is 23.8. The highest BCUT2D eigenvalue weighted by atomic mass is 16.4. The molecule has 1 amide bonds. The molecular formula is C12H14N2O3. The number of rotatable bonds is 4. The lowest BCUT2D eigenvalue weighted by atomic mass is 10.1. The molecule has 0 radical (unpaired) electrons. The number of hydrogen-bond donors (Lipinski definition) is 2. The monoisotopic (exact) mass is 234 g/mol. The maximum Gasteiger partial charge on any atom is 0.307 e. The Balaban J connectivity index is 1.90. The van der Waals surface area contributed by atoms with Crippen molar-refractivity contribution in [3.8, 4) is 0 Å². The van der Waals surface area contributed by atoms with Crippen LogP contribution in [0.25, 0.3) is 0 Å². The molecule has 90 valence electrons. The summed E-state index contributed by atoms with van der Waals surface area (Å²) in [5.74, 6) is -1.95. The van der Waals surface area contributed by atoms with E-state index in [-0.39, 0.29) is 17.9 Å². The van der Waals surface area contributed by atoms with Crippen LogP contribution in [-0.2, 0) is 9.59 Å². The van der Waals surface area contributed by atoms with E-state index in [1.807, 2.05) is 13.0 Å². The van der Waals surface area contributed by atoms with Crippen LogP contribution in [0.3, 0.4) is 0 Å². The molecule has 0 saturated heterocycles. The van der Waals surface area contributed by atoms with Gasteiger partial charge in [0.05, 0.1) is 17.9 Å². The van der Waals surface area contributed by atoms with E-state index in [0.717, 1.165) is 5.56 Å². The van der Waals surface area contributed by atoms with Crippen molar-refractivity contribution in [1.82, 2.24) is 10.3 Å². The Hall–Kier alpha value is -1.91. The number of nitrogens with zero attached hydrogens (tertiary/aromatic N) is 1. The van der Waals surface area contributed by atoms with Gasteiger partial charge in [-0.15, -0.1) is 0 Å². The highest BCUT2D eigenvalue weighted by Crippen LogP contribution is 2.39. The Bertz CT molecular complexity index is 433. The van der Waals surface area contributed by atoms with E-state index in [2.05, 4.69) is 10.3 Å². The lowest BCUT2D eigenvalue weighted by Gasteiger charge is -2.13. The summed E-state index contributed by atoms with van der Waals surface area (Å²) in [6.45, 7) is 1.85. The predicted molar refractivity (Wildman–Crippen MR) is 60.0 cm³/mol. The molecule has 2 rings (SSSR count). The summed E-state index contributed by atoms with van der Waals surface area (Å²) < 4.78 is 0. The van der Waals surface area contributed by atoms with Crippen molar-refractivity contribution in [3.05, 3.63) is 30.1 Å². The molecule has 1 fully saturated rings. The highest BCUT2D eigenvalue weighted by Gasteiger charge is 2.48. The first-order valence-corrected chi connectivity index (χ1v) is 5.52. The third-order valence-corrected chi connectivity index (χ3v) is 2.99. The van der Waals surface area contributed by atoms with Crippen LogP contribution >= 0.6 is 0 Å². The van der Waals surface area contributed by atoms with Crippen LogP contribution in [0.15, 0.2) is 24.5 Å². The van der Waals surface area contributed by atoms with Crippen molar-refractivity contribution in [2.45, 2.75) is 19.4 Å². The summed E-state index contributed by atoms with van der Waals surface area (Å²) in [5, 5.41) is 11.5. The molecule has 1 saturated carbocycles. The Morgan fingerprint density at radius 2 is 2.29 bits per heavy atom. The van der Waals surface area contributed by atoms with Crippen molar-refractivity contribution >= 4 is 11.9 Å². The molecule has 1 aromatic heterocycles. The number of carboxylic acids is 1. The first-order valence-electron chi connectivity index (χ1n) is 5.52. The van der Waals surface area contributed by atoms with Crippen molar-refractivity contribution in [2.24, 2.45) is 11.8 Å². The van der Waals surface area contributed by atoms with E-state index in [1.54, 1.807) is 18.5 Å². The van der Waals surface area contributed by atoms with Crippen LogP contribution < -0.4 is 5.32 Å². The number of carboxylic acid groups (broad SMARTS) is 1. The van der Waals surface area contributed by atoms with E-state index in [4.69, 9.17) is 5.11 Å². The van der Waals surface area contributed by atoms with E-state index >= 15 is 0 Å². The number of carbonyl (C=O) groups is 2. The number of pyridine rings is 1. The molecule has 0 bridgehead atoms. The second-order valence-corrected chi connectivity index (χ2v) is 4.30. The molecule has 0 aromatic carbocycles. The van der Waals surface area contributed by atoms with Gasteiger partial charge >= 0.3 is 5.97 Å². The van der Waals surface area contributed by atoms with Gasteiger partial charge in [-0.1, -0.05) is 6.07 Å². The van der Waals surface area contributed by atoms with Gasteiger partial charge in [0.1, 0.15) is 0 Å². The molecule has 1 aromatic rings. The van der Waals surface area contributed by atoms with E-state index < -0.39 is 11.9 Å². The molecule has 3 atom stereocenters. The molecule has 0 unspecified atom stereocenters. The topological polar surface area (TPSA) is 79.3 Å². The number of aliphatic carboxylic acids is 1. The fourth-order valence-electron chi connectivity index (χ4n) is 1.79. The van der Waals surface area contributed by atoms with E-state index in [1.165, 1.54) is 0 Å². The molecular weight excluding hydrogens is 220 g/mol. The van der Waals surface area contributed by atoms with Crippen molar-refractivity contribution in [2.75, 3.05) is 0 Å². The Labute approximate surface area is 98.9 Å². The SMILES string of the molecule is C[C@H](NC(=O)[C@H]1C[C@H]1C(=O)O)c1cccnc1. The first-order chi connectivity index (χ1) is 8.09. The van der Waals surface area contributed by atoms with Gasteiger partial charge in [0, 0.05) is 12.4 Å². The Morgan fingerprint density at radius 1 is 1.53 bits per heavy atom. The summed E-state index contributed by atoms with van der Waals surface area (Å²) in [6, 6.07) is 3.53. The molecule has 2 N–H and O–H groups in total. The summed E-state index contributed by atoms with van der Waals surface area (Å²) in [7, 11) is 0. The highest BCUT2D eigenvalue weighted by molar-refractivity contribution is 5.89. The van der Waals surface area contributed by atoms with Gasteiger partial charge in [-0.2, -0.15) is 0 Å². The lowest BCUT2D eigenvalue weighted by Crippen LogP contribution is -2.29. The molecule has 0 spiro atoms. The standard InChI is InChI=1S/C12H14N2O3/c1-7(8-3-2-4-13-6-8)14-11(15)9-5-10(9)12(16)17/h2-4,6-7,9-10H,5H2,1H3,(H,14,15)(H,16,17)/t7-,9-,10+/m0/s1. The summed E-state index contributed by atoms with van der Waals surface area (Å²) in [4.78, 5) is 26.3. The predicted octanol–water partition coefficient (Wildman–Crippen LogP) is 0.980. The number of nitrogens with one attached hydrogen (secondary N) is 1. The summed E-state index contributed by atoms with van der Waals surface area (Å²) in [6.07, 6.45) is 3.80. The van der Waals surface area contributed by atoms with E-state index in [9.17, 15) is 9.59 Å². The second kappa shape index (κ2) is 4.53. The molecule has 0 aliphatic heterocycles. The van der Waals surface area contributed by atoms with Crippen molar-refractivity contribution in [3.63, 3.8) is 0 Å². The van der Waals surface area contributed by atoms with Gasteiger partial charge in [0.15, 0.2) is 0 Å². The molecule has 1 aliphatic carbocycles. The minimum atomic E-state index is -0.890. The molecule has 5 heteroatoms. The van der Waals surface area contributed by atoms with Gasteiger partial charge in [-0.3, -0.25) is 14.6 Å². The summed E-state index contributed by atoms with van der Waals surface area (Å²) >= 11 is 0. The zero-order chi connectivity index (χ0) is 12.4. The third-order valence-electron chi connectivity index (χ3n) is 2.99. The van der Waals surface area contributed by atoms with Crippen LogP contribution in [-0.4, -0.2) is 22.0 Å². The van der Waals surface area contributed by atoms with Crippen LogP contribution in [0.5, 0.6) is 0 Å². The molecule has 17 heavy (non-hydrogen) atoms. The quantitative estimate of drug-likeness (QED) is 0.813. The van der Waals surface area contributed by atoms with E-state index in [0.29, 0.717) is 6.42 Å². The molecule has 5 nitrogen and oxygen atoms in total. The zero-order valence-electron chi connectivity index (χ0n) is 9.46. The number of hydrogen-bond acceptors (Lipinski definition) is 3. The minimum Gasteiger partial charge on any atom is -0.481 e. The maximum absolute atomic E-state index is 11.7. The van der Waals surface area contributed by atoms with Gasteiger partial charge in [-0.05, 0) is 25.0 Å². The molecule has 1 aliphatic rings. The number of carbonyl (C=O) groups excluding carboxylic acids is 1. The van der Waals surface area contributed by atoms with Crippen LogP contribution in [0.1, 0.15) is 24.9 Å². The van der Waals surface area contributed by atoms with Gasteiger partial charge in [-0.25, -0.2) is 0 Å². The lowest BCUT2D eigenvalue weighted by molar-refractivity contribution is -0.140. The minimum absolute atomic E-state index is 0.147. The number of aromatic nitrogens is 1. The van der Waals surface area contributed by atoms with Crippen LogP contribution in [0.4, 0.5) is 0 Å². The summed E-state index contributed by atoms with van der Waals surface area (Å²) in [5.41, 5.74) is 0.911. The average molecular weight is 234 g/mol. The zero-order valence-corrected chi connectivity index (χ0v) is 9.46. The van der Waals surface area contributed by atoms with Gasteiger partial charge in [0.2, 0.25) is 5.91 Å². The van der Waals surface area contributed by atoms with Crippen LogP contribution in [0.2, 0.25) is 0 Å². The van der Waals surface area contributed by atoms with Crippen molar-refractivity contribution in [1.29, 1.82) is 0 Å². The second-order valence-electron chi connectivity index (χ2n) is 4.30. The molecule has 1 heterocycles. The Kier molecular flexibility index (Phi) is 3.08. The van der Waals surface area contributed by atoms with Gasteiger partial charge in [0.25, 0.3) is 0 Å². The van der Waals surface area contributed by atoms with Crippen molar-refractivity contribution < 1.29 is 14.7 Å². The fraction of sp³-hybridized carbons (Fsp3) is 0.417.